The van der Waals surface area contributed by atoms with Gasteiger partial charge in [0.1, 0.15) is 0 Å². The van der Waals surface area contributed by atoms with E-state index < -0.39 is 11.7 Å². The Labute approximate surface area is 105 Å². The van der Waals surface area contributed by atoms with E-state index in [1.807, 2.05) is 13.8 Å². The zero-order valence-electron chi connectivity index (χ0n) is 10.8. The average molecular weight is 261 g/mol. The molecule has 0 atom stereocenters. The molecule has 0 bridgehead atoms. The van der Waals surface area contributed by atoms with Gasteiger partial charge < -0.3 is 10.1 Å². The Morgan fingerprint density at radius 2 is 1.89 bits per heavy atom. The number of hydrogen-bond donors (Lipinski definition) is 1. The van der Waals surface area contributed by atoms with E-state index in [2.05, 4.69) is 5.32 Å². The molecule has 0 aliphatic rings. The summed E-state index contributed by atoms with van der Waals surface area (Å²) in [4.78, 5) is 0. The van der Waals surface area contributed by atoms with Crippen LogP contribution in [0.2, 0.25) is 0 Å². The molecule has 0 aromatic heterocycles. The molecule has 0 heterocycles. The van der Waals surface area contributed by atoms with Gasteiger partial charge in [-0.25, -0.2) is 0 Å². The normalized spacial score (nSPS) is 12.6. The molecular formula is C13H18F3NO. The molecular weight excluding hydrogens is 243 g/mol. The van der Waals surface area contributed by atoms with Gasteiger partial charge in [0.2, 0.25) is 0 Å². The highest BCUT2D eigenvalue weighted by molar-refractivity contribution is 5.46. The van der Waals surface area contributed by atoms with Crippen LogP contribution in [0.5, 0.6) is 0 Å². The van der Waals surface area contributed by atoms with Crippen LogP contribution in [0, 0.1) is 0 Å². The maximum absolute atomic E-state index is 12.5. The molecule has 102 valence electrons. The van der Waals surface area contributed by atoms with E-state index in [4.69, 9.17) is 4.74 Å². The van der Waals surface area contributed by atoms with Gasteiger partial charge >= 0.3 is 6.18 Å². The molecule has 1 rings (SSSR count). The molecule has 0 amide bonds. The fraction of sp³-hybridized carbons (Fsp3) is 0.538. The first-order chi connectivity index (χ1) is 8.24. The fourth-order valence-electron chi connectivity index (χ4n) is 1.42. The largest absolute Gasteiger partial charge is 0.416 e. The first kappa shape index (κ1) is 14.8. The van der Waals surface area contributed by atoms with E-state index in [0.29, 0.717) is 18.7 Å². The summed E-state index contributed by atoms with van der Waals surface area (Å²) < 4.78 is 42.7. The molecule has 0 saturated carbocycles. The van der Waals surface area contributed by atoms with E-state index in [1.165, 1.54) is 6.07 Å². The lowest BCUT2D eigenvalue weighted by Crippen LogP contribution is -2.25. The highest BCUT2D eigenvalue weighted by atomic mass is 19.4. The molecule has 1 aromatic carbocycles. The van der Waals surface area contributed by atoms with E-state index in [1.54, 1.807) is 13.2 Å². The Morgan fingerprint density at radius 3 is 2.44 bits per heavy atom. The molecule has 0 unspecified atom stereocenters. The van der Waals surface area contributed by atoms with Crippen LogP contribution in [0.25, 0.3) is 0 Å². The molecule has 5 heteroatoms. The first-order valence-electron chi connectivity index (χ1n) is 5.71. The van der Waals surface area contributed by atoms with Gasteiger partial charge in [0.25, 0.3) is 0 Å². The molecule has 0 fully saturated rings. The SMILES string of the molecule is COC(C)(C)CCNc1cccc(C(F)(F)F)c1. The average Bonchev–Trinajstić information content (AvgIpc) is 2.28. The molecule has 1 aromatic rings. The van der Waals surface area contributed by atoms with Crippen LogP contribution in [0.1, 0.15) is 25.8 Å². The van der Waals surface area contributed by atoms with Crippen LogP contribution >= 0.6 is 0 Å². The zero-order valence-corrected chi connectivity index (χ0v) is 10.8. The van der Waals surface area contributed by atoms with Gasteiger partial charge in [-0.2, -0.15) is 13.2 Å². The number of halogens is 3. The molecule has 2 nitrogen and oxygen atoms in total. The van der Waals surface area contributed by atoms with Crippen LogP contribution in [-0.2, 0) is 10.9 Å². The quantitative estimate of drug-likeness (QED) is 0.867. The van der Waals surface area contributed by atoms with Crippen LogP contribution in [0.4, 0.5) is 18.9 Å². The Balaban J connectivity index is 2.59. The van der Waals surface area contributed by atoms with Crippen molar-refractivity contribution in [1.29, 1.82) is 0 Å². The lowest BCUT2D eigenvalue weighted by atomic mass is 10.1. The van der Waals surface area contributed by atoms with Crippen molar-refractivity contribution in [2.45, 2.75) is 32.0 Å². The summed E-state index contributed by atoms with van der Waals surface area (Å²) in [5.74, 6) is 0. The number of alkyl halides is 3. The van der Waals surface area contributed by atoms with Crippen LogP contribution < -0.4 is 5.32 Å². The van der Waals surface area contributed by atoms with Crippen molar-refractivity contribution in [2.75, 3.05) is 19.0 Å². The lowest BCUT2D eigenvalue weighted by molar-refractivity contribution is -0.137. The third-order valence-electron chi connectivity index (χ3n) is 2.80. The number of ether oxygens (including phenoxy) is 1. The summed E-state index contributed by atoms with van der Waals surface area (Å²) >= 11 is 0. The summed E-state index contributed by atoms with van der Waals surface area (Å²) in [6.07, 6.45) is -3.59. The van der Waals surface area contributed by atoms with E-state index in [-0.39, 0.29) is 5.60 Å². The molecule has 18 heavy (non-hydrogen) atoms. The molecule has 0 spiro atoms. The number of rotatable bonds is 5. The monoisotopic (exact) mass is 261 g/mol. The first-order valence-corrected chi connectivity index (χ1v) is 5.71. The summed E-state index contributed by atoms with van der Waals surface area (Å²) in [5, 5.41) is 2.97. The van der Waals surface area contributed by atoms with Crippen LogP contribution in [-0.4, -0.2) is 19.3 Å². The Hall–Kier alpha value is -1.23. The molecule has 1 N–H and O–H groups in total. The summed E-state index contributed by atoms with van der Waals surface area (Å²) in [5.41, 5.74) is -0.454. The minimum absolute atomic E-state index is 0.283. The van der Waals surface area contributed by atoms with Crippen molar-refractivity contribution in [3.05, 3.63) is 29.8 Å². The molecule has 0 saturated heterocycles. The predicted molar refractivity (Wildman–Crippen MR) is 65.6 cm³/mol. The molecule has 0 aliphatic heterocycles. The number of methoxy groups -OCH3 is 1. The second-order valence-electron chi connectivity index (χ2n) is 4.72. The van der Waals surface area contributed by atoms with Crippen molar-refractivity contribution < 1.29 is 17.9 Å². The maximum atomic E-state index is 12.5. The molecule has 0 aliphatic carbocycles. The number of hydrogen-bond acceptors (Lipinski definition) is 2. The maximum Gasteiger partial charge on any atom is 0.416 e. The Morgan fingerprint density at radius 1 is 1.22 bits per heavy atom. The van der Waals surface area contributed by atoms with Gasteiger partial charge in [-0.1, -0.05) is 6.07 Å². The minimum Gasteiger partial charge on any atom is -0.385 e. The van der Waals surface area contributed by atoms with Gasteiger partial charge in [0.05, 0.1) is 11.2 Å². The summed E-state index contributed by atoms with van der Waals surface area (Å²) in [7, 11) is 1.62. The smallest absolute Gasteiger partial charge is 0.385 e. The van der Waals surface area contributed by atoms with Crippen molar-refractivity contribution >= 4 is 5.69 Å². The highest BCUT2D eigenvalue weighted by Gasteiger charge is 2.30. The van der Waals surface area contributed by atoms with Gasteiger partial charge in [0, 0.05) is 19.3 Å². The summed E-state index contributed by atoms with van der Waals surface area (Å²) in [6, 6.07) is 5.19. The van der Waals surface area contributed by atoms with Gasteiger partial charge in [0.15, 0.2) is 0 Å². The second kappa shape index (κ2) is 5.61. The standard InChI is InChI=1S/C13H18F3NO/c1-12(2,18-3)7-8-17-11-6-4-5-10(9-11)13(14,15)16/h4-6,9,17H,7-8H2,1-3H3. The van der Waals surface area contributed by atoms with Gasteiger partial charge in [-0.15, -0.1) is 0 Å². The van der Waals surface area contributed by atoms with E-state index >= 15 is 0 Å². The Kier molecular flexibility index (Phi) is 4.62. The highest BCUT2D eigenvalue weighted by Crippen LogP contribution is 2.30. The van der Waals surface area contributed by atoms with Gasteiger partial charge in [-0.05, 0) is 38.5 Å². The van der Waals surface area contributed by atoms with Gasteiger partial charge in [-0.3, -0.25) is 0 Å². The van der Waals surface area contributed by atoms with Crippen molar-refractivity contribution in [3.63, 3.8) is 0 Å². The van der Waals surface area contributed by atoms with Crippen molar-refractivity contribution in [2.24, 2.45) is 0 Å². The number of nitrogens with one attached hydrogen (secondary N) is 1. The van der Waals surface area contributed by atoms with Crippen LogP contribution in [0.15, 0.2) is 24.3 Å². The number of benzene rings is 1. The number of anilines is 1. The fourth-order valence-corrected chi connectivity index (χ4v) is 1.42. The van der Waals surface area contributed by atoms with Crippen molar-refractivity contribution in [1.82, 2.24) is 0 Å². The van der Waals surface area contributed by atoms with Crippen molar-refractivity contribution in [3.8, 4) is 0 Å². The topological polar surface area (TPSA) is 21.3 Å². The van der Waals surface area contributed by atoms with E-state index in [9.17, 15) is 13.2 Å². The third-order valence-corrected chi connectivity index (χ3v) is 2.80. The van der Waals surface area contributed by atoms with Crippen LogP contribution in [0.3, 0.4) is 0 Å². The Bertz CT molecular complexity index is 388. The third kappa shape index (κ3) is 4.56. The summed E-state index contributed by atoms with van der Waals surface area (Å²) in [6.45, 7) is 4.42. The lowest BCUT2D eigenvalue weighted by Gasteiger charge is -2.23. The molecule has 0 radical (unpaired) electrons. The predicted octanol–water partition coefficient (Wildman–Crippen LogP) is 3.93. The minimum atomic E-state index is -4.30. The zero-order chi connectivity index (χ0) is 13.8. The second-order valence-corrected chi connectivity index (χ2v) is 4.72. The van der Waals surface area contributed by atoms with E-state index in [0.717, 1.165) is 12.1 Å².